The highest BCUT2D eigenvalue weighted by atomic mass is 14.7. The highest BCUT2D eigenvalue weighted by molar-refractivity contribution is 5.17. The van der Waals surface area contributed by atoms with Gasteiger partial charge in [-0.1, -0.05) is 12.8 Å². The molecular weight excluding hydrogens is 122 g/mol. The summed E-state index contributed by atoms with van der Waals surface area (Å²) < 4.78 is 0. The molecule has 0 amide bonds. The predicted octanol–water partition coefficient (Wildman–Crippen LogP) is 2.10. The zero-order chi connectivity index (χ0) is 7.40. The lowest BCUT2D eigenvalue weighted by atomic mass is 10.0. The Morgan fingerprint density at radius 3 is 3.00 bits per heavy atom. The molecule has 51 valence electrons. The second-order valence-corrected chi connectivity index (χ2v) is 2.23. The Morgan fingerprint density at radius 1 is 1.80 bits per heavy atom. The molecule has 10 heavy (non-hydrogen) atoms. The van der Waals surface area contributed by atoms with Gasteiger partial charge in [-0.05, 0) is 25.0 Å². The third-order valence-corrected chi connectivity index (χ3v) is 1.58. The van der Waals surface area contributed by atoms with E-state index in [0.29, 0.717) is 0 Å². The lowest BCUT2D eigenvalue weighted by Crippen LogP contribution is -1.92. The van der Waals surface area contributed by atoms with Gasteiger partial charge >= 0.3 is 0 Å². The summed E-state index contributed by atoms with van der Waals surface area (Å²) in [5.74, 6) is 2.62. The van der Waals surface area contributed by atoms with E-state index in [9.17, 15) is 0 Å². The fourth-order valence-electron chi connectivity index (χ4n) is 0.961. The van der Waals surface area contributed by atoms with Gasteiger partial charge in [0, 0.05) is 11.9 Å². The molecule has 0 fully saturated rings. The van der Waals surface area contributed by atoms with Gasteiger partial charge in [-0.3, -0.25) is 0 Å². The predicted molar refractivity (Wildman–Crippen MR) is 41.0 cm³/mol. The first kappa shape index (κ1) is 6.95. The zero-order valence-corrected chi connectivity index (χ0v) is 6.02. The molecule has 1 atom stereocenters. The summed E-state index contributed by atoms with van der Waals surface area (Å²) in [5, 5.41) is 0. The van der Waals surface area contributed by atoms with Crippen LogP contribution in [-0.4, -0.2) is 4.98 Å². The van der Waals surface area contributed by atoms with Crippen LogP contribution in [0.15, 0.2) is 18.3 Å². The fraction of sp³-hybridized carbons (Fsp3) is 0.333. The maximum absolute atomic E-state index is 6.97. The first-order valence-corrected chi connectivity index (χ1v) is 3.44. The molecular formula is C9H10N. The summed E-state index contributed by atoms with van der Waals surface area (Å²) in [7, 11) is 0. The topological polar surface area (TPSA) is 15.8 Å². The SMILES string of the molecule is [C]#CC(CC)c1ccc[nH]1. The highest BCUT2D eigenvalue weighted by Crippen LogP contribution is 2.14. The Labute approximate surface area is 61.5 Å². The standard InChI is InChI=1S/C9H10N/c1-3-8(4-2)9-6-5-7-10-9/h5-8,10H,3H2,1H3. The van der Waals surface area contributed by atoms with Gasteiger partial charge in [-0.15, -0.1) is 0 Å². The van der Waals surface area contributed by atoms with E-state index < -0.39 is 0 Å². The van der Waals surface area contributed by atoms with Gasteiger partial charge in [-0.2, -0.15) is 0 Å². The molecule has 1 unspecified atom stereocenters. The van der Waals surface area contributed by atoms with Crippen molar-refractivity contribution in [2.45, 2.75) is 19.3 Å². The van der Waals surface area contributed by atoms with E-state index in [0.717, 1.165) is 12.1 Å². The van der Waals surface area contributed by atoms with Crippen molar-refractivity contribution >= 4 is 0 Å². The van der Waals surface area contributed by atoms with E-state index in [1.807, 2.05) is 25.3 Å². The van der Waals surface area contributed by atoms with Gasteiger partial charge in [0.1, 0.15) is 0 Å². The summed E-state index contributed by atoms with van der Waals surface area (Å²) in [5.41, 5.74) is 1.08. The largest absolute Gasteiger partial charge is 0.364 e. The van der Waals surface area contributed by atoms with Gasteiger partial charge in [0.15, 0.2) is 0 Å². The Hall–Kier alpha value is -1.16. The average molecular weight is 132 g/mol. The minimum atomic E-state index is 0.148. The Bertz CT molecular complexity index is 215. The molecule has 0 spiro atoms. The van der Waals surface area contributed by atoms with Crippen molar-refractivity contribution in [2.75, 3.05) is 0 Å². The molecule has 0 saturated carbocycles. The lowest BCUT2D eigenvalue weighted by Gasteiger charge is -2.02. The Balaban J connectivity index is 2.76. The smallest absolute Gasteiger partial charge is 0.0610 e. The zero-order valence-electron chi connectivity index (χ0n) is 6.02. The normalized spacial score (nSPS) is 12.4. The number of hydrogen-bond donors (Lipinski definition) is 1. The van der Waals surface area contributed by atoms with Gasteiger partial charge in [0.2, 0.25) is 0 Å². The first-order chi connectivity index (χ1) is 4.88. The minimum absolute atomic E-state index is 0.148. The highest BCUT2D eigenvalue weighted by Gasteiger charge is 2.04. The molecule has 1 aromatic heterocycles. The van der Waals surface area contributed by atoms with Crippen LogP contribution in [0.2, 0.25) is 0 Å². The molecule has 1 radical (unpaired) electrons. The summed E-state index contributed by atoms with van der Waals surface area (Å²) in [6.45, 7) is 2.05. The molecule has 0 saturated heterocycles. The van der Waals surface area contributed by atoms with Crippen LogP contribution < -0.4 is 0 Å². The third-order valence-electron chi connectivity index (χ3n) is 1.58. The maximum atomic E-state index is 6.97. The van der Waals surface area contributed by atoms with Crippen molar-refractivity contribution in [1.29, 1.82) is 0 Å². The van der Waals surface area contributed by atoms with E-state index >= 15 is 0 Å². The maximum Gasteiger partial charge on any atom is 0.0610 e. The van der Waals surface area contributed by atoms with Gasteiger partial charge in [-0.25, -0.2) is 0 Å². The van der Waals surface area contributed by atoms with Crippen LogP contribution in [0.3, 0.4) is 0 Å². The molecule has 1 heteroatoms. The summed E-state index contributed by atoms with van der Waals surface area (Å²) in [4.78, 5) is 3.06. The molecule has 0 bridgehead atoms. The first-order valence-electron chi connectivity index (χ1n) is 3.44. The number of aromatic amines is 1. The van der Waals surface area contributed by atoms with Gasteiger partial charge in [0.05, 0.1) is 5.92 Å². The second-order valence-electron chi connectivity index (χ2n) is 2.23. The number of rotatable bonds is 2. The number of aromatic nitrogens is 1. The molecule has 0 aliphatic carbocycles. The van der Waals surface area contributed by atoms with Crippen LogP contribution in [-0.2, 0) is 0 Å². The average Bonchev–Trinajstić information content (AvgIpc) is 2.43. The Morgan fingerprint density at radius 2 is 2.60 bits per heavy atom. The van der Waals surface area contributed by atoms with Crippen molar-refractivity contribution < 1.29 is 0 Å². The third kappa shape index (κ3) is 1.22. The van der Waals surface area contributed by atoms with Gasteiger partial charge < -0.3 is 4.98 Å². The van der Waals surface area contributed by atoms with Crippen molar-refractivity contribution in [3.05, 3.63) is 30.4 Å². The number of hydrogen-bond acceptors (Lipinski definition) is 0. The molecule has 1 aromatic rings. The van der Waals surface area contributed by atoms with Crippen molar-refractivity contribution in [1.82, 2.24) is 4.98 Å². The van der Waals surface area contributed by atoms with E-state index in [4.69, 9.17) is 6.42 Å². The van der Waals surface area contributed by atoms with E-state index in [-0.39, 0.29) is 5.92 Å². The van der Waals surface area contributed by atoms with Crippen LogP contribution in [0.1, 0.15) is 25.0 Å². The summed E-state index contributed by atoms with van der Waals surface area (Å²) in [6.07, 6.45) is 9.77. The quantitative estimate of drug-likeness (QED) is 0.593. The number of H-pyrrole nitrogens is 1. The minimum Gasteiger partial charge on any atom is -0.364 e. The molecule has 0 aliphatic heterocycles. The van der Waals surface area contributed by atoms with E-state index in [1.165, 1.54) is 0 Å². The molecule has 1 nitrogen and oxygen atoms in total. The lowest BCUT2D eigenvalue weighted by molar-refractivity contribution is 0.804. The molecule has 0 aromatic carbocycles. The van der Waals surface area contributed by atoms with E-state index in [1.54, 1.807) is 0 Å². The molecule has 0 aliphatic rings. The van der Waals surface area contributed by atoms with E-state index in [2.05, 4.69) is 10.9 Å². The molecule has 1 N–H and O–H groups in total. The van der Waals surface area contributed by atoms with Crippen molar-refractivity contribution in [2.24, 2.45) is 0 Å². The van der Waals surface area contributed by atoms with Crippen LogP contribution in [0, 0.1) is 12.3 Å². The van der Waals surface area contributed by atoms with Crippen molar-refractivity contribution in [3.63, 3.8) is 0 Å². The monoisotopic (exact) mass is 132 g/mol. The summed E-state index contributed by atoms with van der Waals surface area (Å²) >= 11 is 0. The van der Waals surface area contributed by atoms with Crippen LogP contribution in [0.5, 0.6) is 0 Å². The van der Waals surface area contributed by atoms with Crippen LogP contribution >= 0.6 is 0 Å². The van der Waals surface area contributed by atoms with Crippen molar-refractivity contribution in [3.8, 4) is 5.92 Å². The van der Waals surface area contributed by atoms with Crippen LogP contribution in [0.4, 0.5) is 0 Å². The number of nitrogens with one attached hydrogen (secondary N) is 1. The Kier molecular flexibility index (Phi) is 2.17. The second kappa shape index (κ2) is 3.12. The fourth-order valence-corrected chi connectivity index (χ4v) is 0.961. The van der Waals surface area contributed by atoms with Crippen LogP contribution in [0.25, 0.3) is 0 Å². The van der Waals surface area contributed by atoms with Gasteiger partial charge in [0.25, 0.3) is 0 Å². The summed E-state index contributed by atoms with van der Waals surface area (Å²) in [6, 6.07) is 3.92. The molecule has 1 heterocycles. The molecule has 1 rings (SSSR count).